The van der Waals surface area contributed by atoms with Crippen LogP contribution in [-0.2, 0) is 10.0 Å². The summed E-state index contributed by atoms with van der Waals surface area (Å²) >= 11 is 0. The van der Waals surface area contributed by atoms with Crippen molar-refractivity contribution in [1.29, 1.82) is 0 Å². The summed E-state index contributed by atoms with van der Waals surface area (Å²) in [5, 5.41) is 5.05. The molecule has 0 aliphatic carbocycles. The van der Waals surface area contributed by atoms with Crippen LogP contribution in [0.3, 0.4) is 0 Å². The predicted molar refractivity (Wildman–Crippen MR) is 71.8 cm³/mol. The molecule has 0 amide bonds. The topological polar surface area (TPSA) is 95.4 Å². The molecule has 0 aliphatic rings. The van der Waals surface area contributed by atoms with Gasteiger partial charge >= 0.3 is 0 Å². The van der Waals surface area contributed by atoms with Crippen LogP contribution < -0.4 is 15.6 Å². The van der Waals surface area contributed by atoms with Gasteiger partial charge < -0.3 is 10.5 Å². The summed E-state index contributed by atoms with van der Waals surface area (Å²) in [7, 11) is -3.72. The fraction of sp³-hybridized carbons (Fsp3) is 0.500. The van der Waals surface area contributed by atoms with Crippen molar-refractivity contribution in [3.8, 4) is 5.75 Å². The van der Waals surface area contributed by atoms with Crippen molar-refractivity contribution in [2.45, 2.75) is 31.6 Å². The highest BCUT2D eigenvalue weighted by atomic mass is 32.2. The van der Waals surface area contributed by atoms with Gasteiger partial charge in [0.05, 0.1) is 17.2 Å². The van der Waals surface area contributed by atoms with E-state index in [-0.39, 0.29) is 4.90 Å². The van der Waals surface area contributed by atoms with Crippen molar-refractivity contribution >= 4 is 15.7 Å². The molecule has 0 saturated heterocycles. The molecule has 0 radical (unpaired) electrons. The smallest absolute Gasteiger partial charge is 0.238 e. The van der Waals surface area contributed by atoms with Crippen molar-refractivity contribution in [3.05, 3.63) is 18.2 Å². The maximum Gasteiger partial charge on any atom is 0.238 e. The Balaban J connectivity index is 2.70. The highest BCUT2D eigenvalue weighted by Crippen LogP contribution is 2.24. The molecule has 102 valence electrons. The van der Waals surface area contributed by atoms with Crippen molar-refractivity contribution < 1.29 is 13.2 Å². The minimum Gasteiger partial charge on any atom is -0.491 e. The molecule has 0 saturated carbocycles. The van der Waals surface area contributed by atoms with Crippen molar-refractivity contribution in [1.82, 2.24) is 0 Å². The Hall–Kier alpha value is -1.27. The van der Waals surface area contributed by atoms with Gasteiger partial charge in [0.15, 0.2) is 0 Å². The van der Waals surface area contributed by atoms with Crippen LogP contribution in [0.2, 0.25) is 0 Å². The maximum absolute atomic E-state index is 11.2. The Bertz CT molecular complexity index is 498. The lowest BCUT2D eigenvalue weighted by molar-refractivity contribution is 0.298. The van der Waals surface area contributed by atoms with Crippen molar-refractivity contribution in [3.63, 3.8) is 0 Å². The SMILES string of the molecule is CC(C)CCCOc1cc(S(N)(=O)=O)ccc1N. The third-order valence-electron chi connectivity index (χ3n) is 2.50. The minimum absolute atomic E-state index is 0.00978. The van der Waals surface area contributed by atoms with Crippen LogP contribution in [0.1, 0.15) is 26.7 Å². The summed E-state index contributed by atoms with van der Waals surface area (Å²) in [4.78, 5) is 0.00978. The molecule has 0 atom stereocenters. The molecule has 6 heteroatoms. The second kappa shape index (κ2) is 6.06. The molecule has 1 rings (SSSR count). The third-order valence-corrected chi connectivity index (χ3v) is 3.41. The molecule has 18 heavy (non-hydrogen) atoms. The highest BCUT2D eigenvalue weighted by Gasteiger charge is 2.11. The van der Waals surface area contributed by atoms with Gasteiger partial charge in [-0.15, -0.1) is 0 Å². The van der Waals surface area contributed by atoms with E-state index in [1.54, 1.807) is 0 Å². The zero-order chi connectivity index (χ0) is 13.8. The normalized spacial score (nSPS) is 11.8. The highest BCUT2D eigenvalue weighted by molar-refractivity contribution is 7.89. The predicted octanol–water partition coefficient (Wildman–Crippen LogP) is 1.73. The van der Waals surface area contributed by atoms with Gasteiger partial charge in [-0.1, -0.05) is 13.8 Å². The van der Waals surface area contributed by atoms with Crippen LogP contribution in [-0.4, -0.2) is 15.0 Å². The first-order valence-electron chi connectivity index (χ1n) is 5.86. The number of benzene rings is 1. The number of primary sulfonamides is 1. The number of nitrogens with two attached hydrogens (primary N) is 2. The number of rotatable bonds is 6. The lowest BCUT2D eigenvalue weighted by Gasteiger charge is -2.10. The second-order valence-corrected chi connectivity index (χ2v) is 6.19. The summed E-state index contributed by atoms with van der Waals surface area (Å²) in [6.07, 6.45) is 1.95. The molecule has 0 bridgehead atoms. The van der Waals surface area contributed by atoms with E-state index in [9.17, 15) is 8.42 Å². The minimum atomic E-state index is -3.72. The zero-order valence-corrected chi connectivity index (χ0v) is 11.5. The van der Waals surface area contributed by atoms with Gasteiger partial charge in [-0.25, -0.2) is 13.6 Å². The summed E-state index contributed by atoms with van der Waals surface area (Å²) in [6.45, 7) is 4.78. The zero-order valence-electron chi connectivity index (χ0n) is 10.7. The first-order chi connectivity index (χ1) is 8.30. The molecule has 1 aromatic carbocycles. The Labute approximate surface area is 108 Å². The van der Waals surface area contributed by atoms with Crippen LogP contribution in [0.5, 0.6) is 5.75 Å². The summed E-state index contributed by atoms with van der Waals surface area (Å²) in [5.41, 5.74) is 6.12. The Kier molecular flexibility index (Phi) is 4.98. The molecule has 5 nitrogen and oxygen atoms in total. The van der Waals surface area contributed by atoms with Gasteiger partial charge in [0.2, 0.25) is 10.0 Å². The molecular weight excluding hydrogens is 252 g/mol. The number of hydrogen-bond donors (Lipinski definition) is 2. The first kappa shape index (κ1) is 14.8. The fourth-order valence-corrected chi connectivity index (χ4v) is 2.02. The fourth-order valence-electron chi connectivity index (χ4n) is 1.49. The maximum atomic E-state index is 11.2. The number of anilines is 1. The van der Waals surface area contributed by atoms with Crippen LogP contribution in [0.15, 0.2) is 23.1 Å². The molecule has 0 heterocycles. The molecular formula is C12H20N2O3S. The second-order valence-electron chi connectivity index (χ2n) is 4.63. The average molecular weight is 272 g/mol. The molecule has 0 unspecified atom stereocenters. The van der Waals surface area contributed by atoms with E-state index in [4.69, 9.17) is 15.6 Å². The summed E-state index contributed by atoms with van der Waals surface area (Å²) in [6, 6.07) is 4.21. The quantitative estimate of drug-likeness (QED) is 0.609. The van der Waals surface area contributed by atoms with E-state index in [0.29, 0.717) is 24.0 Å². The largest absolute Gasteiger partial charge is 0.491 e. The third kappa shape index (κ3) is 4.54. The molecule has 1 aromatic rings. The van der Waals surface area contributed by atoms with Gasteiger partial charge in [-0.3, -0.25) is 0 Å². The van der Waals surface area contributed by atoms with Crippen LogP contribution in [0.4, 0.5) is 5.69 Å². The number of hydrogen-bond acceptors (Lipinski definition) is 4. The van der Waals surface area contributed by atoms with Gasteiger partial charge in [0.25, 0.3) is 0 Å². The molecule has 0 fully saturated rings. The number of ether oxygens (including phenoxy) is 1. The average Bonchev–Trinajstić information content (AvgIpc) is 2.24. The van der Waals surface area contributed by atoms with Crippen molar-refractivity contribution in [2.75, 3.05) is 12.3 Å². The first-order valence-corrected chi connectivity index (χ1v) is 7.40. The lowest BCUT2D eigenvalue weighted by atomic mass is 10.1. The molecule has 0 aromatic heterocycles. The van der Waals surface area contributed by atoms with E-state index in [1.165, 1.54) is 18.2 Å². The Morgan fingerprint density at radius 2 is 2.00 bits per heavy atom. The van der Waals surface area contributed by atoms with E-state index in [1.807, 2.05) is 0 Å². The number of sulfonamides is 1. The lowest BCUT2D eigenvalue weighted by Crippen LogP contribution is -2.12. The van der Waals surface area contributed by atoms with E-state index >= 15 is 0 Å². The van der Waals surface area contributed by atoms with E-state index in [0.717, 1.165) is 12.8 Å². The van der Waals surface area contributed by atoms with Gasteiger partial charge in [-0.05, 0) is 30.9 Å². The van der Waals surface area contributed by atoms with Crippen LogP contribution >= 0.6 is 0 Å². The van der Waals surface area contributed by atoms with E-state index in [2.05, 4.69) is 13.8 Å². The van der Waals surface area contributed by atoms with Crippen molar-refractivity contribution in [2.24, 2.45) is 11.1 Å². The van der Waals surface area contributed by atoms with Crippen LogP contribution in [0, 0.1) is 5.92 Å². The monoisotopic (exact) mass is 272 g/mol. The summed E-state index contributed by atoms with van der Waals surface area (Å²) in [5.74, 6) is 0.979. The van der Waals surface area contributed by atoms with E-state index < -0.39 is 10.0 Å². The van der Waals surface area contributed by atoms with Crippen LogP contribution in [0.25, 0.3) is 0 Å². The molecule has 0 spiro atoms. The van der Waals surface area contributed by atoms with Gasteiger partial charge in [-0.2, -0.15) is 0 Å². The Morgan fingerprint density at radius 1 is 1.33 bits per heavy atom. The number of nitrogen functional groups attached to an aromatic ring is 1. The molecule has 4 N–H and O–H groups in total. The van der Waals surface area contributed by atoms with Gasteiger partial charge in [0, 0.05) is 6.07 Å². The summed E-state index contributed by atoms with van der Waals surface area (Å²) < 4.78 is 27.9. The Morgan fingerprint density at radius 3 is 2.56 bits per heavy atom. The standard InChI is InChI=1S/C12H20N2O3S/c1-9(2)4-3-7-17-12-8-10(18(14,15)16)5-6-11(12)13/h5-6,8-9H,3-4,7,13H2,1-2H3,(H2,14,15,16). The van der Waals surface area contributed by atoms with Gasteiger partial charge in [0.1, 0.15) is 5.75 Å². The molecule has 0 aliphatic heterocycles.